The second-order valence-electron chi connectivity index (χ2n) is 6.14. The topological polar surface area (TPSA) is 77.0 Å². The molecule has 1 aliphatic rings. The highest BCUT2D eigenvalue weighted by Crippen LogP contribution is 2.22. The van der Waals surface area contributed by atoms with Gasteiger partial charge < -0.3 is 9.47 Å². The highest BCUT2D eigenvalue weighted by atomic mass is 32.1. The third-order valence-corrected chi connectivity index (χ3v) is 5.17. The number of aromatic nitrogens is 7. The third-order valence-electron chi connectivity index (χ3n) is 4.48. The highest BCUT2D eigenvalue weighted by Gasteiger charge is 2.19. The summed E-state index contributed by atoms with van der Waals surface area (Å²) in [5.41, 5.74) is 1.77. The summed E-state index contributed by atoms with van der Waals surface area (Å²) < 4.78 is 4.01. The molecule has 5 heterocycles. The molecule has 9 heteroatoms. The van der Waals surface area contributed by atoms with Gasteiger partial charge in [-0.3, -0.25) is 0 Å². The van der Waals surface area contributed by atoms with Crippen molar-refractivity contribution >= 4 is 22.8 Å². The Morgan fingerprint density at radius 3 is 3.00 bits per heavy atom. The standard InChI is InChI=1S/C16H16N8S/c1-22(9-15-19-17-12-3-2-7-23(12)15)14-5-4-13-18-20-16(24(13)21-14)11-6-8-25-10-11/h4-6,8,10H,2-3,7,9H2,1H3. The lowest BCUT2D eigenvalue weighted by Crippen LogP contribution is -2.21. The molecule has 0 unspecified atom stereocenters. The number of aryl methyl sites for hydroxylation is 1. The lowest BCUT2D eigenvalue weighted by Gasteiger charge is -2.17. The van der Waals surface area contributed by atoms with Crippen LogP contribution >= 0.6 is 11.3 Å². The first-order valence-electron chi connectivity index (χ1n) is 8.17. The van der Waals surface area contributed by atoms with Crippen LogP contribution in [0, 0.1) is 0 Å². The van der Waals surface area contributed by atoms with Gasteiger partial charge in [0.05, 0.1) is 6.54 Å². The molecule has 0 aliphatic carbocycles. The van der Waals surface area contributed by atoms with Gasteiger partial charge in [0.2, 0.25) is 0 Å². The number of rotatable bonds is 4. The number of thiophene rings is 1. The Balaban J connectivity index is 1.48. The minimum absolute atomic E-state index is 0.668. The van der Waals surface area contributed by atoms with Crippen LogP contribution < -0.4 is 4.90 Å². The first-order valence-corrected chi connectivity index (χ1v) is 9.11. The fourth-order valence-corrected chi connectivity index (χ4v) is 3.81. The van der Waals surface area contributed by atoms with E-state index in [0.717, 1.165) is 53.9 Å². The van der Waals surface area contributed by atoms with Gasteiger partial charge in [0, 0.05) is 31.0 Å². The molecule has 0 N–H and O–H groups in total. The molecule has 0 saturated heterocycles. The summed E-state index contributed by atoms with van der Waals surface area (Å²) in [4.78, 5) is 2.08. The van der Waals surface area contributed by atoms with Gasteiger partial charge in [-0.05, 0) is 30.0 Å². The maximum Gasteiger partial charge on any atom is 0.186 e. The second kappa shape index (κ2) is 5.62. The Bertz CT molecular complexity index is 1030. The molecule has 0 amide bonds. The molecule has 0 fully saturated rings. The molecule has 4 aromatic heterocycles. The average molecular weight is 352 g/mol. The van der Waals surface area contributed by atoms with Gasteiger partial charge in [-0.2, -0.15) is 15.9 Å². The van der Waals surface area contributed by atoms with Gasteiger partial charge >= 0.3 is 0 Å². The lowest BCUT2D eigenvalue weighted by molar-refractivity contribution is 0.672. The number of anilines is 1. The molecule has 0 bridgehead atoms. The van der Waals surface area contributed by atoms with Crippen molar-refractivity contribution in [1.82, 2.24) is 34.6 Å². The summed E-state index contributed by atoms with van der Waals surface area (Å²) >= 11 is 1.63. The number of fused-ring (bicyclic) bond motifs is 2. The monoisotopic (exact) mass is 352 g/mol. The predicted molar refractivity (Wildman–Crippen MR) is 94.5 cm³/mol. The van der Waals surface area contributed by atoms with Crippen molar-refractivity contribution in [2.45, 2.75) is 25.9 Å². The van der Waals surface area contributed by atoms with E-state index in [1.54, 1.807) is 15.9 Å². The van der Waals surface area contributed by atoms with E-state index < -0.39 is 0 Å². The molecule has 1 aliphatic heterocycles. The van der Waals surface area contributed by atoms with Crippen molar-refractivity contribution in [3.05, 3.63) is 40.6 Å². The summed E-state index contributed by atoms with van der Waals surface area (Å²) in [5, 5.41) is 25.9. The van der Waals surface area contributed by atoms with Crippen LogP contribution in [0.1, 0.15) is 18.1 Å². The molecular weight excluding hydrogens is 336 g/mol. The van der Waals surface area contributed by atoms with E-state index in [9.17, 15) is 0 Å². The SMILES string of the molecule is CN(Cc1nnc2n1CCC2)c1ccc2nnc(-c3ccsc3)n2n1. The summed E-state index contributed by atoms with van der Waals surface area (Å²) in [7, 11) is 2.01. The Kier molecular flexibility index (Phi) is 3.27. The van der Waals surface area contributed by atoms with Crippen molar-refractivity contribution < 1.29 is 0 Å². The molecule has 5 rings (SSSR count). The van der Waals surface area contributed by atoms with E-state index in [2.05, 4.69) is 29.9 Å². The Labute approximate surface area is 147 Å². The predicted octanol–water partition coefficient (Wildman–Crippen LogP) is 2.03. The molecule has 126 valence electrons. The molecule has 0 saturated carbocycles. The zero-order valence-corrected chi connectivity index (χ0v) is 14.5. The molecule has 4 aromatic rings. The van der Waals surface area contributed by atoms with E-state index in [1.165, 1.54) is 0 Å². The van der Waals surface area contributed by atoms with Crippen molar-refractivity contribution in [1.29, 1.82) is 0 Å². The van der Waals surface area contributed by atoms with Crippen LogP contribution in [0.15, 0.2) is 29.0 Å². The second-order valence-corrected chi connectivity index (χ2v) is 6.92. The summed E-state index contributed by atoms with van der Waals surface area (Å²) in [6, 6.07) is 5.93. The van der Waals surface area contributed by atoms with Crippen LogP contribution in [0.3, 0.4) is 0 Å². The normalized spacial score (nSPS) is 13.5. The number of nitrogens with zero attached hydrogens (tertiary/aromatic N) is 8. The van der Waals surface area contributed by atoms with E-state index in [0.29, 0.717) is 6.54 Å². The molecule has 8 nitrogen and oxygen atoms in total. The van der Waals surface area contributed by atoms with E-state index in [4.69, 9.17) is 5.10 Å². The summed E-state index contributed by atoms with van der Waals surface area (Å²) in [5.74, 6) is 3.68. The quantitative estimate of drug-likeness (QED) is 0.559. The largest absolute Gasteiger partial charge is 0.351 e. The molecular formula is C16H16N8S. The molecule has 0 aromatic carbocycles. The lowest BCUT2D eigenvalue weighted by atomic mass is 10.3. The zero-order chi connectivity index (χ0) is 16.8. The molecule has 25 heavy (non-hydrogen) atoms. The Hall–Kier alpha value is -2.81. The first-order chi connectivity index (χ1) is 12.3. The Morgan fingerprint density at radius 1 is 1.16 bits per heavy atom. The van der Waals surface area contributed by atoms with Crippen LogP contribution in [-0.2, 0) is 19.5 Å². The van der Waals surface area contributed by atoms with Crippen LogP contribution in [0.25, 0.3) is 17.0 Å². The van der Waals surface area contributed by atoms with Crippen LogP contribution in [0.5, 0.6) is 0 Å². The van der Waals surface area contributed by atoms with Gasteiger partial charge in [0.1, 0.15) is 11.6 Å². The zero-order valence-electron chi connectivity index (χ0n) is 13.7. The minimum atomic E-state index is 0.668. The molecule has 0 radical (unpaired) electrons. The van der Waals surface area contributed by atoms with E-state index in [-0.39, 0.29) is 0 Å². The third kappa shape index (κ3) is 2.39. The van der Waals surface area contributed by atoms with E-state index >= 15 is 0 Å². The van der Waals surface area contributed by atoms with Crippen LogP contribution in [0.4, 0.5) is 5.82 Å². The van der Waals surface area contributed by atoms with Crippen molar-refractivity contribution in [2.24, 2.45) is 0 Å². The summed E-state index contributed by atoms with van der Waals surface area (Å²) in [6.07, 6.45) is 2.17. The summed E-state index contributed by atoms with van der Waals surface area (Å²) in [6.45, 7) is 1.67. The number of hydrogen-bond acceptors (Lipinski definition) is 7. The minimum Gasteiger partial charge on any atom is -0.351 e. The van der Waals surface area contributed by atoms with Crippen molar-refractivity contribution in [3.63, 3.8) is 0 Å². The maximum absolute atomic E-state index is 4.73. The van der Waals surface area contributed by atoms with Crippen LogP contribution in [0.2, 0.25) is 0 Å². The first kappa shape index (κ1) is 14.5. The van der Waals surface area contributed by atoms with Gasteiger partial charge in [-0.15, -0.1) is 25.5 Å². The fourth-order valence-electron chi connectivity index (χ4n) is 3.18. The Morgan fingerprint density at radius 2 is 2.12 bits per heavy atom. The van der Waals surface area contributed by atoms with E-state index in [1.807, 2.05) is 36.0 Å². The van der Waals surface area contributed by atoms with Gasteiger partial charge in [0.15, 0.2) is 17.3 Å². The van der Waals surface area contributed by atoms with Crippen LogP contribution in [-0.4, -0.2) is 41.6 Å². The molecule has 0 atom stereocenters. The van der Waals surface area contributed by atoms with Gasteiger partial charge in [-0.1, -0.05) is 0 Å². The molecule has 0 spiro atoms. The fraction of sp³-hybridized carbons (Fsp3) is 0.312. The van der Waals surface area contributed by atoms with Gasteiger partial charge in [0.25, 0.3) is 0 Å². The van der Waals surface area contributed by atoms with Crippen molar-refractivity contribution in [3.8, 4) is 11.4 Å². The number of hydrogen-bond donors (Lipinski definition) is 0. The maximum atomic E-state index is 4.73. The smallest absolute Gasteiger partial charge is 0.186 e. The van der Waals surface area contributed by atoms with Crippen molar-refractivity contribution in [2.75, 3.05) is 11.9 Å². The highest BCUT2D eigenvalue weighted by molar-refractivity contribution is 7.08. The van der Waals surface area contributed by atoms with Gasteiger partial charge in [-0.25, -0.2) is 0 Å². The average Bonchev–Trinajstić information content (AvgIpc) is 3.39.